The Morgan fingerprint density at radius 3 is 2.76 bits per heavy atom. The number of hydrogen-bond acceptors (Lipinski definition) is 5. The Balaban J connectivity index is 1.79. The van der Waals surface area contributed by atoms with Crippen molar-refractivity contribution in [1.29, 1.82) is 0 Å². The fourth-order valence-corrected chi connectivity index (χ4v) is 3.05. The Labute approximate surface area is 133 Å². The minimum absolute atomic E-state index is 0.198. The third kappa shape index (κ3) is 2.98. The number of carbonyl (C=O) groups is 1. The second kappa shape index (κ2) is 5.95. The van der Waals surface area contributed by atoms with Gasteiger partial charge in [0.15, 0.2) is 16.4 Å². The first kappa shape index (κ1) is 14.2. The summed E-state index contributed by atoms with van der Waals surface area (Å²) in [6.45, 7) is 1.29. The van der Waals surface area contributed by atoms with Gasteiger partial charge in [-0.3, -0.25) is 0 Å². The lowest BCUT2D eigenvalue weighted by atomic mass is 10.2. The van der Waals surface area contributed by atoms with E-state index in [9.17, 15) is 4.79 Å². The number of carboxylic acids is 1. The lowest BCUT2D eigenvalue weighted by molar-refractivity contribution is 0.0697. The highest BCUT2D eigenvalue weighted by atomic mass is 79.9. The first-order valence-electron chi connectivity index (χ1n) is 6.17. The minimum atomic E-state index is -0.985. The Morgan fingerprint density at radius 1 is 1.33 bits per heavy atom. The molecule has 5 nitrogen and oxygen atoms in total. The van der Waals surface area contributed by atoms with Crippen LogP contribution in [0.3, 0.4) is 0 Å². The van der Waals surface area contributed by atoms with Crippen molar-refractivity contribution >= 4 is 33.2 Å². The standard InChI is InChI=1S/C14H11BrO5S/c15-9-6-12-11(18-2-3-19-12)5-8(9)7-20-10-1-4-21-13(10)14(16)17/h1,4-6H,2-3,7H2,(H,16,17). The molecule has 110 valence electrons. The Bertz CT molecular complexity index is 682. The molecule has 2 aromatic rings. The third-order valence-electron chi connectivity index (χ3n) is 2.92. The van der Waals surface area contributed by atoms with Crippen LogP contribution >= 0.6 is 27.3 Å². The zero-order valence-corrected chi connectivity index (χ0v) is 13.2. The van der Waals surface area contributed by atoms with Gasteiger partial charge in [-0.05, 0) is 23.6 Å². The monoisotopic (exact) mass is 370 g/mol. The van der Waals surface area contributed by atoms with Crippen molar-refractivity contribution in [3.63, 3.8) is 0 Å². The van der Waals surface area contributed by atoms with E-state index >= 15 is 0 Å². The molecule has 0 bridgehead atoms. The van der Waals surface area contributed by atoms with Gasteiger partial charge >= 0.3 is 5.97 Å². The molecule has 1 aromatic carbocycles. The van der Waals surface area contributed by atoms with Crippen LogP contribution in [-0.2, 0) is 6.61 Å². The fraction of sp³-hybridized carbons (Fsp3) is 0.214. The lowest BCUT2D eigenvalue weighted by Crippen LogP contribution is -2.15. The third-order valence-corrected chi connectivity index (χ3v) is 4.54. The van der Waals surface area contributed by atoms with Crippen LogP contribution in [0.5, 0.6) is 17.2 Å². The molecule has 2 heterocycles. The van der Waals surface area contributed by atoms with Crippen molar-refractivity contribution in [1.82, 2.24) is 0 Å². The number of aromatic carboxylic acids is 1. The normalized spacial score (nSPS) is 13.0. The van der Waals surface area contributed by atoms with Gasteiger partial charge in [-0.2, -0.15) is 0 Å². The second-order valence-electron chi connectivity index (χ2n) is 4.30. The fourth-order valence-electron chi connectivity index (χ4n) is 1.94. The van der Waals surface area contributed by atoms with E-state index in [0.29, 0.717) is 30.5 Å². The van der Waals surface area contributed by atoms with Gasteiger partial charge in [0.25, 0.3) is 0 Å². The highest BCUT2D eigenvalue weighted by Gasteiger charge is 2.17. The molecule has 1 aliphatic rings. The Hall–Kier alpha value is -1.73. The molecule has 0 fully saturated rings. The van der Waals surface area contributed by atoms with E-state index in [0.717, 1.165) is 21.4 Å². The number of carboxylic acid groups (broad SMARTS) is 1. The zero-order chi connectivity index (χ0) is 14.8. The smallest absolute Gasteiger partial charge is 0.349 e. The van der Waals surface area contributed by atoms with Gasteiger partial charge in [-0.1, -0.05) is 15.9 Å². The van der Waals surface area contributed by atoms with Crippen LogP contribution in [0, 0.1) is 0 Å². The quantitative estimate of drug-likeness (QED) is 0.891. The molecule has 3 rings (SSSR count). The van der Waals surface area contributed by atoms with Crippen LogP contribution in [0.25, 0.3) is 0 Å². The Morgan fingerprint density at radius 2 is 2.05 bits per heavy atom. The van der Waals surface area contributed by atoms with Crippen LogP contribution in [0.1, 0.15) is 15.2 Å². The molecule has 0 spiro atoms. The van der Waals surface area contributed by atoms with E-state index in [2.05, 4.69) is 15.9 Å². The maximum absolute atomic E-state index is 11.0. The highest BCUT2D eigenvalue weighted by Crippen LogP contribution is 2.36. The SMILES string of the molecule is O=C(O)c1sccc1OCc1cc2c(cc1Br)OCCO2. The predicted molar refractivity (Wildman–Crippen MR) is 80.7 cm³/mol. The molecule has 7 heteroatoms. The summed E-state index contributed by atoms with van der Waals surface area (Å²) in [7, 11) is 0. The number of thiophene rings is 1. The van der Waals surface area contributed by atoms with Crippen LogP contribution < -0.4 is 14.2 Å². The summed E-state index contributed by atoms with van der Waals surface area (Å²) in [5, 5.41) is 10.7. The average Bonchev–Trinajstić information content (AvgIpc) is 2.93. The molecular formula is C14H11BrO5S. The van der Waals surface area contributed by atoms with E-state index in [1.165, 1.54) is 0 Å². The number of benzene rings is 1. The maximum Gasteiger partial charge on any atom is 0.349 e. The van der Waals surface area contributed by atoms with Crippen molar-refractivity contribution < 1.29 is 24.1 Å². The van der Waals surface area contributed by atoms with Gasteiger partial charge in [0.05, 0.1) is 0 Å². The summed E-state index contributed by atoms with van der Waals surface area (Å²) >= 11 is 4.60. The molecule has 0 radical (unpaired) electrons. The molecular weight excluding hydrogens is 360 g/mol. The lowest BCUT2D eigenvalue weighted by Gasteiger charge is -2.20. The van der Waals surface area contributed by atoms with Gasteiger partial charge in [-0.15, -0.1) is 11.3 Å². The summed E-state index contributed by atoms with van der Waals surface area (Å²) in [5.41, 5.74) is 0.863. The number of hydrogen-bond donors (Lipinski definition) is 1. The van der Waals surface area contributed by atoms with Crippen molar-refractivity contribution in [3.05, 3.63) is 38.5 Å². The molecule has 0 aliphatic carbocycles. The van der Waals surface area contributed by atoms with E-state index in [1.54, 1.807) is 11.4 Å². The summed E-state index contributed by atoms with van der Waals surface area (Å²) in [6, 6.07) is 5.32. The Kier molecular flexibility index (Phi) is 4.03. The number of ether oxygens (including phenoxy) is 3. The maximum atomic E-state index is 11.0. The van der Waals surface area contributed by atoms with Crippen molar-refractivity contribution in [2.75, 3.05) is 13.2 Å². The van der Waals surface area contributed by atoms with Crippen molar-refractivity contribution in [3.8, 4) is 17.2 Å². The summed E-state index contributed by atoms with van der Waals surface area (Å²) in [4.78, 5) is 11.2. The second-order valence-corrected chi connectivity index (χ2v) is 6.07. The summed E-state index contributed by atoms with van der Waals surface area (Å²) in [5.74, 6) is 0.751. The van der Waals surface area contributed by atoms with E-state index in [-0.39, 0.29) is 11.5 Å². The van der Waals surface area contributed by atoms with Gasteiger partial charge in [0.1, 0.15) is 25.6 Å². The molecule has 1 aromatic heterocycles. The number of halogens is 1. The van der Waals surface area contributed by atoms with Gasteiger partial charge in [0, 0.05) is 10.0 Å². The first-order valence-corrected chi connectivity index (χ1v) is 7.84. The molecule has 0 saturated heterocycles. The van der Waals surface area contributed by atoms with Crippen molar-refractivity contribution in [2.45, 2.75) is 6.61 Å². The molecule has 21 heavy (non-hydrogen) atoms. The minimum Gasteiger partial charge on any atom is -0.487 e. The topological polar surface area (TPSA) is 65.0 Å². The molecule has 0 amide bonds. The first-order chi connectivity index (χ1) is 10.1. The molecule has 1 aliphatic heterocycles. The molecule has 0 saturated carbocycles. The highest BCUT2D eigenvalue weighted by molar-refractivity contribution is 9.10. The molecule has 0 atom stereocenters. The summed E-state index contributed by atoms with van der Waals surface area (Å²) in [6.07, 6.45) is 0. The number of fused-ring (bicyclic) bond motifs is 1. The number of rotatable bonds is 4. The van der Waals surface area contributed by atoms with Gasteiger partial charge in [0.2, 0.25) is 0 Å². The van der Waals surface area contributed by atoms with E-state index in [4.69, 9.17) is 19.3 Å². The van der Waals surface area contributed by atoms with Crippen LogP contribution in [0.15, 0.2) is 28.1 Å². The van der Waals surface area contributed by atoms with Gasteiger partial charge < -0.3 is 19.3 Å². The zero-order valence-electron chi connectivity index (χ0n) is 10.8. The van der Waals surface area contributed by atoms with Crippen LogP contribution in [0.2, 0.25) is 0 Å². The van der Waals surface area contributed by atoms with Gasteiger partial charge in [-0.25, -0.2) is 4.79 Å². The molecule has 0 unspecified atom stereocenters. The van der Waals surface area contributed by atoms with Crippen molar-refractivity contribution in [2.24, 2.45) is 0 Å². The van der Waals surface area contributed by atoms with Crippen LogP contribution in [0.4, 0.5) is 0 Å². The summed E-state index contributed by atoms with van der Waals surface area (Å²) < 4.78 is 17.4. The average molecular weight is 371 g/mol. The van der Waals surface area contributed by atoms with E-state index in [1.807, 2.05) is 12.1 Å². The molecule has 1 N–H and O–H groups in total. The predicted octanol–water partition coefficient (Wildman–Crippen LogP) is 3.56. The largest absolute Gasteiger partial charge is 0.487 e. The van der Waals surface area contributed by atoms with Crippen LogP contribution in [-0.4, -0.2) is 24.3 Å². The van der Waals surface area contributed by atoms with E-state index < -0.39 is 5.97 Å².